The summed E-state index contributed by atoms with van der Waals surface area (Å²) in [6.45, 7) is 13.7. The number of aliphatic hydroxyl groups excluding tert-OH is 1. The highest BCUT2D eigenvalue weighted by atomic mass is 16.6. The van der Waals surface area contributed by atoms with Crippen LogP contribution in [0.25, 0.3) is 0 Å². The van der Waals surface area contributed by atoms with Crippen LogP contribution >= 0.6 is 0 Å². The number of nitrogens with one attached hydrogen (secondary N) is 3. The molecule has 3 aromatic rings. The molecule has 2 unspecified atom stereocenters. The van der Waals surface area contributed by atoms with Crippen molar-refractivity contribution in [3.63, 3.8) is 0 Å². The van der Waals surface area contributed by atoms with E-state index in [2.05, 4.69) is 16.0 Å². The number of alkyl carbamates (subject to hydrolysis) is 1. The molecule has 0 aliphatic rings. The lowest BCUT2D eigenvalue weighted by atomic mass is 10.1. The van der Waals surface area contributed by atoms with Crippen LogP contribution in [0.3, 0.4) is 0 Å². The van der Waals surface area contributed by atoms with E-state index in [1.165, 1.54) is 6.92 Å². The number of hydrogen-bond acceptors (Lipinski definition) is 8. The summed E-state index contributed by atoms with van der Waals surface area (Å²) in [6.07, 6.45) is -2.49. The van der Waals surface area contributed by atoms with Crippen molar-refractivity contribution in [3.05, 3.63) is 83.4 Å². The van der Waals surface area contributed by atoms with Crippen molar-refractivity contribution in [2.24, 2.45) is 0 Å². The smallest absolute Gasteiger partial charge is 0.407 e. The Hall–Kier alpha value is -4.28. The fourth-order valence-corrected chi connectivity index (χ4v) is 4.25. The first-order chi connectivity index (χ1) is 20.8. The lowest BCUT2D eigenvalue weighted by Gasteiger charge is -2.27. The number of aliphatic hydroxyl groups is 1. The Balaban J connectivity index is 1.81. The van der Waals surface area contributed by atoms with Crippen LogP contribution in [0.2, 0.25) is 0 Å². The molecule has 0 saturated heterocycles. The molecule has 3 aromatic carbocycles. The number of carbonyl (C=O) groups excluding carboxylic acids is 2. The van der Waals surface area contributed by atoms with E-state index >= 15 is 0 Å². The summed E-state index contributed by atoms with van der Waals surface area (Å²) in [5.74, 6) is 1.50. The lowest BCUT2D eigenvalue weighted by Crippen LogP contribution is -2.37. The topological polar surface area (TPSA) is 127 Å². The van der Waals surface area contributed by atoms with Gasteiger partial charge in [-0.05, 0) is 89.1 Å². The van der Waals surface area contributed by atoms with Gasteiger partial charge in [0.1, 0.15) is 17.6 Å². The summed E-state index contributed by atoms with van der Waals surface area (Å²) in [6, 6.07) is 20.1. The first kappa shape index (κ1) is 34.2. The molecule has 238 valence electrons. The second-order valence-electron chi connectivity index (χ2n) is 11.6. The maximum absolute atomic E-state index is 12.0. The molecule has 2 amide bonds. The van der Waals surface area contributed by atoms with Gasteiger partial charge in [0, 0.05) is 31.3 Å². The molecule has 10 heteroatoms. The molecule has 0 spiro atoms. The van der Waals surface area contributed by atoms with E-state index in [9.17, 15) is 14.7 Å². The number of amides is 2. The van der Waals surface area contributed by atoms with Crippen molar-refractivity contribution in [1.29, 1.82) is 0 Å². The van der Waals surface area contributed by atoms with E-state index in [4.69, 9.17) is 18.9 Å². The molecular formula is C34H45N3O7. The van der Waals surface area contributed by atoms with Crippen molar-refractivity contribution in [3.8, 4) is 17.2 Å². The third-order valence-electron chi connectivity index (χ3n) is 6.03. The van der Waals surface area contributed by atoms with Crippen molar-refractivity contribution in [1.82, 2.24) is 10.6 Å². The van der Waals surface area contributed by atoms with Crippen molar-refractivity contribution in [2.45, 2.75) is 85.6 Å². The zero-order valence-corrected chi connectivity index (χ0v) is 26.6. The molecule has 0 fully saturated rings. The molecule has 0 aliphatic carbocycles. The summed E-state index contributed by atoms with van der Waals surface area (Å²) in [4.78, 5) is 23.5. The predicted molar refractivity (Wildman–Crippen MR) is 170 cm³/mol. The van der Waals surface area contributed by atoms with Gasteiger partial charge < -0.3 is 34.7 Å². The summed E-state index contributed by atoms with van der Waals surface area (Å²) < 4.78 is 23.4. The summed E-state index contributed by atoms with van der Waals surface area (Å²) in [5, 5.41) is 20.0. The van der Waals surface area contributed by atoms with Gasteiger partial charge in [0.05, 0.1) is 12.7 Å². The average molecular weight is 608 g/mol. The molecule has 4 N–H and O–H groups in total. The first-order valence-electron chi connectivity index (χ1n) is 14.8. The molecule has 0 bridgehead atoms. The van der Waals surface area contributed by atoms with Crippen LogP contribution in [0.15, 0.2) is 66.7 Å². The normalized spacial score (nSPS) is 12.7. The van der Waals surface area contributed by atoms with Gasteiger partial charge in [-0.3, -0.25) is 10.1 Å². The zero-order chi connectivity index (χ0) is 32.3. The van der Waals surface area contributed by atoms with E-state index < -0.39 is 24.0 Å². The summed E-state index contributed by atoms with van der Waals surface area (Å²) >= 11 is 0. The summed E-state index contributed by atoms with van der Waals surface area (Å²) in [7, 11) is 0. The fraction of sp³-hybridized carbons (Fsp3) is 0.412. The molecule has 0 saturated carbocycles. The zero-order valence-electron chi connectivity index (χ0n) is 26.6. The second kappa shape index (κ2) is 16.0. The monoisotopic (exact) mass is 607 g/mol. The van der Waals surface area contributed by atoms with Crippen molar-refractivity contribution >= 4 is 17.7 Å². The van der Waals surface area contributed by atoms with Gasteiger partial charge in [-0.25, -0.2) is 4.79 Å². The highest BCUT2D eigenvalue weighted by molar-refractivity contribution is 5.88. The minimum atomic E-state index is -1.13. The largest absolute Gasteiger partial charge is 0.490 e. The Bertz CT molecular complexity index is 1370. The van der Waals surface area contributed by atoms with Gasteiger partial charge in [0.2, 0.25) is 5.91 Å². The molecular weight excluding hydrogens is 562 g/mol. The first-order valence-corrected chi connectivity index (χ1v) is 14.8. The average Bonchev–Trinajstić information content (AvgIpc) is 2.94. The fourth-order valence-electron chi connectivity index (χ4n) is 4.25. The second-order valence-corrected chi connectivity index (χ2v) is 11.6. The molecule has 44 heavy (non-hydrogen) atoms. The van der Waals surface area contributed by atoms with Gasteiger partial charge in [-0.2, -0.15) is 0 Å². The maximum Gasteiger partial charge on any atom is 0.407 e. The number of ether oxygens (including phenoxy) is 4. The van der Waals surface area contributed by atoms with Crippen LogP contribution in [-0.4, -0.2) is 41.6 Å². The van der Waals surface area contributed by atoms with Crippen molar-refractivity contribution in [2.75, 3.05) is 11.9 Å². The predicted octanol–water partition coefficient (Wildman–Crippen LogP) is 6.08. The van der Waals surface area contributed by atoms with Gasteiger partial charge in [0.15, 0.2) is 17.6 Å². The van der Waals surface area contributed by atoms with Crippen LogP contribution in [0.1, 0.15) is 71.3 Å². The van der Waals surface area contributed by atoms with E-state index in [1.807, 2.05) is 90.1 Å². The highest BCUT2D eigenvalue weighted by Crippen LogP contribution is 2.34. The quantitative estimate of drug-likeness (QED) is 0.162. The van der Waals surface area contributed by atoms with Gasteiger partial charge in [-0.15, -0.1) is 0 Å². The Kier molecular flexibility index (Phi) is 12.4. The third-order valence-corrected chi connectivity index (χ3v) is 6.03. The van der Waals surface area contributed by atoms with E-state index in [-0.39, 0.29) is 18.6 Å². The number of rotatable bonds is 14. The van der Waals surface area contributed by atoms with E-state index in [0.717, 1.165) is 11.1 Å². The van der Waals surface area contributed by atoms with Crippen LogP contribution in [0.5, 0.6) is 17.2 Å². The molecule has 0 aliphatic heterocycles. The van der Waals surface area contributed by atoms with E-state index in [1.54, 1.807) is 18.2 Å². The standard InChI is InChI=1S/C34H45N3O7/c1-8-41-30-19-26(14-17-29(30)42-22(2)3)31(32(39)35-21-25-10-9-11-27(18-25)37-23(4)38)43-28-15-12-24(13-16-28)20-36-33(40)44-34(5,6)7/h9-19,22,31-32,35,39H,8,20-21H2,1-7H3,(H,36,40)(H,37,38). The number of benzene rings is 3. The van der Waals surface area contributed by atoms with Crippen LogP contribution in [0.4, 0.5) is 10.5 Å². The number of carbonyl (C=O) groups is 2. The Labute approximate surface area is 260 Å². The minimum absolute atomic E-state index is 0.0454. The molecule has 2 atom stereocenters. The maximum atomic E-state index is 12.0. The lowest BCUT2D eigenvalue weighted by molar-refractivity contribution is -0.114. The van der Waals surface area contributed by atoms with Crippen molar-refractivity contribution < 1.29 is 33.6 Å². The van der Waals surface area contributed by atoms with Gasteiger partial charge in [-0.1, -0.05) is 30.3 Å². The van der Waals surface area contributed by atoms with Crippen LogP contribution in [0, 0.1) is 0 Å². The molecule has 10 nitrogen and oxygen atoms in total. The highest BCUT2D eigenvalue weighted by Gasteiger charge is 2.25. The Morgan fingerprint density at radius 3 is 2.25 bits per heavy atom. The molecule has 0 aromatic heterocycles. The van der Waals surface area contributed by atoms with Crippen LogP contribution in [-0.2, 0) is 22.6 Å². The molecule has 0 heterocycles. The molecule has 3 rings (SSSR count). The SMILES string of the molecule is CCOc1cc(C(Oc2ccc(CNC(=O)OC(C)(C)C)cc2)C(O)NCc2cccc(NC(C)=O)c2)ccc1OC(C)C. The minimum Gasteiger partial charge on any atom is -0.490 e. The van der Waals surface area contributed by atoms with E-state index in [0.29, 0.717) is 41.7 Å². The van der Waals surface area contributed by atoms with Crippen LogP contribution < -0.4 is 30.2 Å². The third kappa shape index (κ3) is 11.4. The Morgan fingerprint density at radius 2 is 1.61 bits per heavy atom. The summed E-state index contributed by atoms with van der Waals surface area (Å²) in [5.41, 5.74) is 2.48. The van der Waals surface area contributed by atoms with Gasteiger partial charge >= 0.3 is 6.09 Å². The Morgan fingerprint density at radius 1 is 0.886 bits per heavy atom. The van der Waals surface area contributed by atoms with Gasteiger partial charge in [0.25, 0.3) is 0 Å². The number of anilines is 1. The molecule has 0 radical (unpaired) electrons. The number of hydrogen-bond donors (Lipinski definition) is 4.